The first-order chi connectivity index (χ1) is 4.67. The van der Waals surface area contributed by atoms with Crippen LogP contribution in [-0.4, -0.2) is 17.8 Å². The number of hydrogen-bond donors (Lipinski definition) is 1. The molecule has 0 rings (SSSR count). The predicted octanol–water partition coefficient (Wildman–Crippen LogP) is 2.33. The third-order valence-corrected chi connectivity index (χ3v) is 1.36. The highest BCUT2D eigenvalue weighted by Gasteiger charge is 2.47. The van der Waals surface area contributed by atoms with Gasteiger partial charge in [-0.25, -0.2) is 0 Å². The van der Waals surface area contributed by atoms with Gasteiger partial charge in [0.25, 0.3) is 0 Å². The molecule has 4 heteroatoms. The lowest BCUT2D eigenvalue weighted by Gasteiger charge is -2.30. The van der Waals surface area contributed by atoms with Crippen molar-refractivity contribution >= 4 is 0 Å². The fourth-order valence-electron chi connectivity index (χ4n) is 0.804. The van der Waals surface area contributed by atoms with Gasteiger partial charge in [0.15, 0.2) is 0 Å². The van der Waals surface area contributed by atoms with Crippen molar-refractivity contribution < 1.29 is 13.2 Å². The maximum atomic E-state index is 12.1. The van der Waals surface area contributed by atoms with Crippen LogP contribution in [0.5, 0.6) is 0 Å². The van der Waals surface area contributed by atoms with Gasteiger partial charge in [-0.1, -0.05) is 13.8 Å². The lowest BCUT2D eigenvalue weighted by atomic mass is 10.0. The van der Waals surface area contributed by atoms with Crippen molar-refractivity contribution in [2.45, 2.75) is 45.5 Å². The zero-order valence-electron chi connectivity index (χ0n) is 7.21. The third kappa shape index (κ3) is 3.10. The summed E-state index contributed by atoms with van der Waals surface area (Å²) in [6.07, 6.45) is -4.18. The van der Waals surface area contributed by atoms with Gasteiger partial charge in [-0.15, -0.1) is 0 Å². The molecule has 0 atom stereocenters. The molecule has 1 N–H and O–H groups in total. The Hall–Kier alpha value is -0.250. The molecule has 0 saturated carbocycles. The zero-order chi connectivity index (χ0) is 9.28. The molecule has 0 bridgehead atoms. The van der Waals surface area contributed by atoms with Gasteiger partial charge in [-0.2, -0.15) is 13.2 Å². The summed E-state index contributed by atoms with van der Waals surface area (Å²) < 4.78 is 36.4. The first-order valence-corrected chi connectivity index (χ1v) is 3.51. The quantitative estimate of drug-likeness (QED) is 0.669. The fraction of sp³-hybridized carbons (Fsp3) is 1.00. The van der Waals surface area contributed by atoms with E-state index in [1.165, 1.54) is 0 Å². The van der Waals surface area contributed by atoms with Gasteiger partial charge in [-0.3, -0.25) is 0 Å². The van der Waals surface area contributed by atoms with Gasteiger partial charge in [0.05, 0.1) is 0 Å². The van der Waals surface area contributed by atoms with Crippen LogP contribution in [0.2, 0.25) is 0 Å². The first kappa shape index (κ1) is 10.8. The van der Waals surface area contributed by atoms with Crippen molar-refractivity contribution in [3.8, 4) is 0 Å². The van der Waals surface area contributed by atoms with Crippen LogP contribution in [0.15, 0.2) is 0 Å². The molecule has 0 aliphatic rings. The molecular formula is C7H14F3N. The maximum Gasteiger partial charge on any atom is 0.406 e. The number of halogens is 3. The normalized spacial score (nSPS) is 14.2. The Morgan fingerprint density at radius 2 is 1.45 bits per heavy atom. The van der Waals surface area contributed by atoms with Gasteiger partial charge in [0.2, 0.25) is 0 Å². The van der Waals surface area contributed by atoms with Crippen molar-refractivity contribution in [2.75, 3.05) is 0 Å². The Morgan fingerprint density at radius 1 is 1.09 bits per heavy atom. The molecular weight excluding hydrogens is 155 g/mol. The van der Waals surface area contributed by atoms with Crippen LogP contribution >= 0.6 is 0 Å². The predicted molar refractivity (Wildman–Crippen MR) is 38.4 cm³/mol. The molecule has 0 aromatic rings. The minimum atomic E-state index is -4.18. The smallest absolute Gasteiger partial charge is 0.302 e. The van der Waals surface area contributed by atoms with E-state index in [-0.39, 0.29) is 6.04 Å². The van der Waals surface area contributed by atoms with E-state index in [4.69, 9.17) is 0 Å². The van der Waals surface area contributed by atoms with E-state index in [1.807, 2.05) is 0 Å². The Kier molecular flexibility index (Phi) is 2.94. The molecule has 68 valence electrons. The van der Waals surface area contributed by atoms with Crippen LogP contribution in [0.1, 0.15) is 27.7 Å². The molecule has 0 heterocycles. The van der Waals surface area contributed by atoms with Crippen molar-refractivity contribution in [3.05, 3.63) is 0 Å². The zero-order valence-corrected chi connectivity index (χ0v) is 7.21. The fourth-order valence-corrected chi connectivity index (χ4v) is 0.804. The van der Waals surface area contributed by atoms with E-state index < -0.39 is 11.7 Å². The summed E-state index contributed by atoms with van der Waals surface area (Å²) in [4.78, 5) is 0. The summed E-state index contributed by atoms with van der Waals surface area (Å²) in [5.41, 5.74) is -1.79. The average Bonchev–Trinajstić information content (AvgIpc) is 1.56. The summed E-state index contributed by atoms with van der Waals surface area (Å²) >= 11 is 0. The minimum absolute atomic E-state index is 0.161. The molecule has 0 fully saturated rings. The van der Waals surface area contributed by atoms with Crippen LogP contribution in [0.4, 0.5) is 13.2 Å². The lowest BCUT2D eigenvalue weighted by molar-refractivity contribution is -0.187. The van der Waals surface area contributed by atoms with E-state index in [9.17, 15) is 13.2 Å². The standard InChI is InChI=1S/C7H14F3N/c1-5(2)11-6(3,4)7(8,9)10/h5,11H,1-4H3. The van der Waals surface area contributed by atoms with Crippen LogP contribution in [-0.2, 0) is 0 Å². The molecule has 0 amide bonds. The van der Waals surface area contributed by atoms with Crippen LogP contribution in [0.25, 0.3) is 0 Å². The second-order valence-corrected chi connectivity index (χ2v) is 3.42. The summed E-state index contributed by atoms with van der Waals surface area (Å²) in [5, 5.41) is 2.43. The molecule has 0 aromatic carbocycles. The Morgan fingerprint density at radius 3 is 1.55 bits per heavy atom. The highest BCUT2D eigenvalue weighted by molar-refractivity contribution is 4.86. The summed E-state index contributed by atoms with van der Waals surface area (Å²) in [6.45, 7) is 5.64. The number of nitrogens with one attached hydrogen (secondary N) is 1. The summed E-state index contributed by atoms with van der Waals surface area (Å²) in [6, 6.07) is -0.161. The Labute approximate surface area is 65.0 Å². The number of alkyl halides is 3. The van der Waals surface area contributed by atoms with Crippen LogP contribution in [0, 0.1) is 0 Å². The first-order valence-electron chi connectivity index (χ1n) is 3.51. The van der Waals surface area contributed by atoms with Crippen molar-refractivity contribution in [3.63, 3.8) is 0 Å². The minimum Gasteiger partial charge on any atom is -0.302 e. The highest BCUT2D eigenvalue weighted by atomic mass is 19.4. The maximum absolute atomic E-state index is 12.1. The van der Waals surface area contributed by atoms with E-state index >= 15 is 0 Å². The van der Waals surface area contributed by atoms with E-state index in [0.717, 1.165) is 13.8 Å². The van der Waals surface area contributed by atoms with Gasteiger partial charge >= 0.3 is 6.18 Å². The molecule has 0 aliphatic carbocycles. The molecule has 11 heavy (non-hydrogen) atoms. The molecule has 0 spiro atoms. The second-order valence-electron chi connectivity index (χ2n) is 3.42. The molecule has 0 unspecified atom stereocenters. The monoisotopic (exact) mass is 169 g/mol. The van der Waals surface area contributed by atoms with Gasteiger partial charge in [0.1, 0.15) is 5.54 Å². The van der Waals surface area contributed by atoms with Crippen LogP contribution in [0.3, 0.4) is 0 Å². The largest absolute Gasteiger partial charge is 0.406 e. The lowest BCUT2D eigenvalue weighted by Crippen LogP contribution is -2.54. The summed E-state index contributed by atoms with van der Waals surface area (Å²) in [7, 11) is 0. The molecule has 1 nitrogen and oxygen atoms in total. The molecule has 0 radical (unpaired) electrons. The van der Waals surface area contributed by atoms with E-state index in [0.29, 0.717) is 0 Å². The average molecular weight is 169 g/mol. The van der Waals surface area contributed by atoms with Gasteiger partial charge < -0.3 is 5.32 Å². The number of rotatable bonds is 2. The topological polar surface area (TPSA) is 12.0 Å². The van der Waals surface area contributed by atoms with Crippen molar-refractivity contribution in [1.29, 1.82) is 0 Å². The van der Waals surface area contributed by atoms with Crippen molar-refractivity contribution in [1.82, 2.24) is 5.32 Å². The Balaban J connectivity index is 4.22. The van der Waals surface area contributed by atoms with E-state index in [1.54, 1.807) is 13.8 Å². The van der Waals surface area contributed by atoms with Gasteiger partial charge in [-0.05, 0) is 13.8 Å². The third-order valence-electron chi connectivity index (χ3n) is 1.36. The SMILES string of the molecule is CC(C)NC(C)(C)C(F)(F)F. The van der Waals surface area contributed by atoms with Gasteiger partial charge in [0, 0.05) is 6.04 Å². The molecule has 0 aromatic heterocycles. The van der Waals surface area contributed by atoms with Crippen LogP contribution < -0.4 is 5.32 Å². The molecule has 0 aliphatic heterocycles. The second kappa shape index (κ2) is 3.01. The summed E-state index contributed by atoms with van der Waals surface area (Å²) in [5.74, 6) is 0. The highest BCUT2D eigenvalue weighted by Crippen LogP contribution is 2.29. The molecule has 0 saturated heterocycles. The van der Waals surface area contributed by atoms with E-state index in [2.05, 4.69) is 5.32 Å². The van der Waals surface area contributed by atoms with Crippen molar-refractivity contribution in [2.24, 2.45) is 0 Å². The number of hydrogen-bond acceptors (Lipinski definition) is 1. The Bertz CT molecular complexity index is 126.